The molecule has 8 heteroatoms. The van der Waals surface area contributed by atoms with Crippen LogP contribution >= 0.6 is 0 Å². The average molecular weight is 413 g/mol. The van der Waals surface area contributed by atoms with Crippen LogP contribution in [0.4, 0.5) is 4.39 Å². The van der Waals surface area contributed by atoms with Crippen LogP contribution < -0.4 is 10.6 Å². The second-order valence-electron chi connectivity index (χ2n) is 8.90. The van der Waals surface area contributed by atoms with Crippen molar-refractivity contribution in [2.45, 2.75) is 71.5 Å². The second-order valence-corrected chi connectivity index (χ2v) is 8.90. The Hall–Kier alpha value is -2.95. The van der Waals surface area contributed by atoms with Crippen LogP contribution in [-0.2, 0) is 11.3 Å². The minimum Gasteiger partial charge on any atom is -0.352 e. The molecule has 0 radical (unpaired) electrons. The van der Waals surface area contributed by atoms with E-state index in [1.54, 1.807) is 4.68 Å². The third-order valence-corrected chi connectivity index (χ3v) is 5.16. The van der Waals surface area contributed by atoms with Crippen LogP contribution in [0.15, 0.2) is 18.2 Å². The lowest BCUT2D eigenvalue weighted by Crippen LogP contribution is -2.54. The molecule has 7 nitrogen and oxygen atoms in total. The van der Waals surface area contributed by atoms with Gasteiger partial charge >= 0.3 is 0 Å². The van der Waals surface area contributed by atoms with Gasteiger partial charge in [-0.15, -0.1) is 0 Å². The molecule has 0 saturated heterocycles. The Morgan fingerprint density at radius 1 is 1.33 bits per heavy atom. The van der Waals surface area contributed by atoms with E-state index in [2.05, 4.69) is 21.8 Å². The summed E-state index contributed by atoms with van der Waals surface area (Å²) in [6, 6.07) is 5.75. The molecule has 0 aliphatic heterocycles. The zero-order valence-electron chi connectivity index (χ0n) is 17.7. The number of halogens is 1. The fourth-order valence-corrected chi connectivity index (χ4v) is 3.34. The lowest BCUT2D eigenvalue weighted by molar-refractivity contribution is -0.125. The van der Waals surface area contributed by atoms with E-state index >= 15 is 0 Å². The SMILES string of the molecule is CC(C)(C)[C@H](NC(=O)c1nn(CCCCC#N)c2cc(F)ccc12)C(=O)NC1CC1. The smallest absolute Gasteiger partial charge is 0.273 e. The summed E-state index contributed by atoms with van der Waals surface area (Å²) < 4.78 is 15.4. The minimum absolute atomic E-state index is 0.166. The molecule has 1 aromatic carbocycles. The van der Waals surface area contributed by atoms with Gasteiger partial charge in [-0.1, -0.05) is 20.8 Å². The summed E-state index contributed by atoms with van der Waals surface area (Å²) in [5, 5.41) is 19.4. The number of nitriles is 1. The first kappa shape index (κ1) is 21.8. The van der Waals surface area contributed by atoms with Crippen molar-refractivity contribution in [1.29, 1.82) is 5.26 Å². The zero-order valence-corrected chi connectivity index (χ0v) is 17.7. The topological polar surface area (TPSA) is 99.8 Å². The van der Waals surface area contributed by atoms with Crippen molar-refractivity contribution in [3.05, 3.63) is 29.7 Å². The summed E-state index contributed by atoms with van der Waals surface area (Å²) in [5.74, 6) is -1.08. The van der Waals surface area contributed by atoms with Crippen molar-refractivity contribution in [2.24, 2.45) is 5.41 Å². The number of carbonyl (C=O) groups is 2. The van der Waals surface area contributed by atoms with Crippen molar-refractivity contribution in [3.63, 3.8) is 0 Å². The number of benzene rings is 1. The molecule has 2 amide bonds. The van der Waals surface area contributed by atoms with Crippen molar-refractivity contribution < 1.29 is 14.0 Å². The van der Waals surface area contributed by atoms with E-state index < -0.39 is 23.2 Å². The third-order valence-electron chi connectivity index (χ3n) is 5.16. The predicted octanol–water partition coefficient (Wildman–Crippen LogP) is 3.29. The van der Waals surface area contributed by atoms with E-state index in [0.717, 1.165) is 12.8 Å². The van der Waals surface area contributed by atoms with Crippen LogP contribution in [0, 0.1) is 22.6 Å². The highest BCUT2D eigenvalue weighted by Gasteiger charge is 2.36. The highest BCUT2D eigenvalue weighted by atomic mass is 19.1. The van der Waals surface area contributed by atoms with Gasteiger partial charge in [0.05, 0.1) is 11.6 Å². The first-order chi connectivity index (χ1) is 14.2. The maximum Gasteiger partial charge on any atom is 0.273 e. The zero-order chi connectivity index (χ0) is 21.9. The Labute approximate surface area is 175 Å². The first-order valence-electron chi connectivity index (χ1n) is 10.3. The van der Waals surface area contributed by atoms with Gasteiger partial charge in [0.1, 0.15) is 11.9 Å². The van der Waals surface area contributed by atoms with Crippen LogP contribution in [-0.4, -0.2) is 33.7 Å². The number of carbonyl (C=O) groups excluding carboxylic acids is 2. The molecule has 3 rings (SSSR count). The fourth-order valence-electron chi connectivity index (χ4n) is 3.34. The van der Waals surface area contributed by atoms with Gasteiger partial charge in [0.2, 0.25) is 5.91 Å². The molecule has 0 unspecified atom stereocenters. The summed E-state index contributed by atoms with van der Waals surface area (Å²) in [7, 11) is 0. The number of rotatable bonds is 8. The maximum absolute atomic E-state index is 13.8. The Balaban J connectivity index is 1.85. The monoisotopic (exact) mass is 413 g/mol. The summed E-state index contributed by atoms with van der Waals surface area (Å²) in [5.41, 5.74) is 0.196. The summed E-state index contributed by atoms with van der Waals surface area (Å²) >= 11 is 0. The van der Waals surface area contributed by atoms with Crippen LogP contribution in [0.1, 0.15) is 63.4 Å². The number of unbranched alkanes of at least 4 members (excludes halogenated alkanes) is 2. The molecular weight excluding hydrogens is 385 g/mol. The van der Waals surface area contributed by atoms with Gasteiger partial charge < -0.3 is 10.6 Å². The van der Waals surface area contributed by atoms with Crippen LogP contribution in [0.2, 0.25) is 0 Å². The normalized spacial score (nSPS) is 14.9. The number of hydrogen-bond acceptors (Lipinski definition) is 4. The number of nitrogens with one attached hydrogen (secondary N) is 2. The summed E-state index contributed by atoms with van der Waals surface area (Å²) in [6.07, 6.45) is 3.74. The molecule has 1 aliphatic rings. The Bertz CT molecular complexity index is 982. The van der Waals surface area contributed by atoms with E-state index in [1.807, 2.05) is 20.8 Å². The van der Waals surface area contributed by atoms with E-state index in [4.69, 9.17) is 5.26 Å². The molecule has 160 valence electrons. The van der Waals surface area contributed by atoms with Crippen molar-refractivity contribution in [1.82, 2.24) is 20.4 Å². The van der Waals surface area contributed by atoms with Crippen LogP contribution in [0.5, 0.6) is 0 Å². The second kappa shape index (κ2) is 8.82. The molecule has 1 atom stereocenters. The Morgan fingerprint density at radius 3 is 2.70 bits per heavy atom. The number of hydrogen-bond donors (Lipinski definition) is 2. The van der Waals surface area contributed by atoms with Gasteiger partial charge in [0.25, 0.3) is 5.91 Å². The molecule has 1 fully saturated rings. The number of aryl methyl sites for hydroxylation is 1. The molecule has 0 bridgehead atoms. The van der Waals surface area contributed by atoms with Gasteiger partial charge in [0.15, 0.2) is 5.69 Å². The van der Waals surface area contributed by atoms with Gasteiger partial charge in [-0.05, 0) is 49.3 Å². The van der Waals surface area contributed by atoms with E-state index in [-0.39, 0.29) is 17.6 Å². The van der Waals surface area contributed by atoms with Crippen LogP contribution in [0.3, 0.4) is 0 Å². The number of amides is 2. The largest absolute Gasteiger partial charge is 0.352 e. The quantitative estimate of drug-likeness (QED) is 0.649. The fraction of sp³-hybridized carbons (Fsp3) is 0.545. The molecule has 1 saturated carbocycles. The highest BCUT2D eigenvalue weighted by Crippen LogP contribution is 2.25. The standard InChI is InChI=1S/C22H28FN5O2/c1-22(2,3)19(21(30)25-15-8-9-15)26-20(29)18-16-10-7-14(23)13-17(16)28(27-18)12-6-4-5-11-24/h7,10,13,15,19H,4-6,8-9,12H2,1-3H3,(H,25,30)(H,26,29)/t19-/m1/s1. The molecule has 1 aliphatic carbocycles. The van der Waals surface area contributed by atoms with E-state index in [1.165, 1.54) is 18.2 Å². The van der Waals surface area contributed by atoms with E-state index in [9.17, 15) is 14.0 Å². The lowest BCUT2D eigenvalue weighted by atomic mass is 9.86. The Kier molecular flexibility index (Phi) is 6.40. The number of nitrogens with zero attached hydrogens (tertiary/aromatic N) is 3. The maximum atomic E-state index is 13.8. The van der Waals surface area contributed by atoms with Crippen molar-refractivity contribution in [3.8, 4) is 6.07 Å². The van der Waals surface area contributed by atoms with Crippen molar-refractivity contribution in [2.75, 3.05) is 0 Å². The van der Waals surface area contributed by atoms with Gasteiger partial charge in [0, 0.05) is 24.4 Å². The van der Waals surface area contributed by atoms with Crippen LogP contribution in [0.25, 0.3) is 10.9 Å². The van der Waals surface area contributed by atoms with Gasteiger partial charge in [-0.2, -0.15) is 10.4 Å². The van der Waals surface area contributed by atoms with E-state index in [0.29, 0.717) is 36.7 Å². The predicted molar refractivity (Wildman–Crippen MR) is 111 cm³/mol. The average Bonchev–Trinajstić information content (AvgIpc) is 3.41. The molecule has 2 aromatic rings. The molecule has 0 spiro atoms. The summed E-state index contributed by atoms with van der Waals surface area (Å²) in [6.45, 7) is 6.16. The third kappa shape index (κ3) is 5.15. The lowest BCUT2D eigenvalue weighted by Gasteiger charge is -2.30. The molecule has 2 N–H and O–H groups in total. The van der Waals surface area contributed by atoms with Crippen molar-refractivity contribution >= 4 is 22.7 Å². The first-order valence-corrected chi connectivity index (χ1v) is 10.3. The minimum atomic E-state index is -0.720. The highest BCUT2D eigenvalue weighted by molar-refractivity contribution is 6.06. The van der Waals surface area contributed by atoms with Gasteiger partial charge in [-0.3, -0.25) is 14.3 Å². The molecule has 30 heavy (non-hydrogen) atoms. The number of fused-ring (bicyclic) bond motifs is 1. The van der Waals surface area contributed by atoms with Gasteiger partial charge in [-0.25, -0.2) is 4.39 Å². The molecular formula is C22H28FN5O2. The number of aromatic nitrogens is 2. The summed E-state index contributed by atoms with van der Waals surface area (Å²) in [4.78, 5) is 25.8. The molecule has 1 aromatic heterocycles. The Morgan fingerprint density at radius 2 is 2.07 bits per heavy atom. The molecule has 1 heterocycles.